The number of fused-ring (bicyclic) bond motifs is 2. The molecule has 4 rings (SSSR count). The Bertz CT molecular complexity index is 796. The van der Waals surface area contributed by atoms with Gasteiger partial charge in [0, 0.05) is 24.0 Å². The van der Waals surface area contributed by atoms with Gasteiger partial charge in [0.25, 0.3) is 0 Å². The van der Waals surface area contributed by atoms with Gasteiger partial charge in [0.1, 0.15) is 11.5 Å². The summed E-state index contributed by atoms with van der Waals surface area (Å²) in [5, 5.41) is 0. The maximum Gasteiger partial charge on any atom is 0.311 e. The number of carbonyl (C=O) groups excluding carboxylic acids is 1. The highest BCUT2D eigenvalue weighted by molar-refractivity contribution is 5.75. The molecule has 2 heterocycles. The number of methoxy groups -OCH3 is 1. The van der Waals surface area contributed by atoms with Crippen molar-refractivity contribution in [2.75, 3.05) is 13.9 Å². The van der Waals surface area contributed by atoms with Crippen molar-refractivity contribution in [3.8, 4) is 23.0 Å². The summed E-state index contributed by atoms with van der Waals surface area (Å²) in [4.78, 5) is 12.3. The van der Waals surface area contributed by atoms with Gasteiger partial charge in [0.15, 0.2) is 11.5 Å². The third-order valence-corrected chi connectivity index (χ3v) is 4.96. The van der Waals surface area contributed by atoms with E-state index in [0.717, 1.165) is 23.3 Å². The minimum absolute atomic E-state index is 0.0480. The second kappa shape index (κ2) is 6.31. The lowest BCUT2D eigenvalue weighted by molar-refractivity contribution is -0.135. The van der Waals surface area contributed by atoms with Crippen LogP contribution in [0.15, 0.2) is 36.4 Å². The molecular weight excluding hydrogens is 320 g/mol. The molecule has 5 heteroatoms. The van der Waals surface area contributed by atoms with Crippen molar-refractivity contribution < 1.29 is 23.7 Å². The van der Waals surface area contributed by atoms with E-state index in [4.69, 9.17) is 18.9 Å². The van der Waals surface area contributed by atoms with E-state index in [0.29, 0.717) is 23.7 Å². The first-order chi connectivity index (χ1) is 12.2. The second-order valence-electron chi connectivity index (χ2n) is 6.34. The van der Waals surface area contributed by atoms with Gasteiger partial charge in [-0.25, -0.2) is 0 Å². The molecule has 0 aliphatic carbocycles. The van der Waals surface area contributed by atoms with E-state index in [1.165, 1.54) is 0 Å². The van der Waals surface area contributed by atoms with Gasteiger partial charge in [0.05, 0.1) is 7.11 Å². The first-order valence-electron chi connectivity index (χ1n) is 8.47. The maximum absolute atomic E-state index is 12.3. The first-order valence-corrected chi connectivity index (χ1v) is 8.47. The molecule has 2 aromatic rings. The molecule has 0 saturated heterocycles. The largest absolute Gasteiger partial charge is 0.497 e. The molecule has 0 fully saturated rings. The summed E-state index contributed by atoms with van der Waals surface area (Å²) < 4.78 is 21.9. The highest BCUT2D eigenvalue weighted by atomic mass is 16.7. The van der Waals surface area contributed by atoms with E-state index >= 15 is 0 Å². The molecule has 0 amide bonds. The van der Waals surface area contributed by atoms with Crippen LogP contribution in [0.3, 0.4) is 0 Å². The standard InChI is InChI=1S/C20H20O5/c1-3-12-8-19(21)25-16-10-18-17(23-11-24-18)9-15(16)20(12)13-4-6-14(22-2)7-5-13/h4-7,9-10,12,20H,3,8,11H2,1-2H3/t12-,20+/m1/s1. The molecule has 0 radical (unpaired) electrons. The van der Waals surface area contributed by atoms with Crippen LogP contribution in [0.1, 0.15) is 36.8 Å². The molecule has 130 valence electrons. The smallest absolute Gasteiger partial charge is 0.311 e. The van der Waals surface area contributed by atoms with Crippen molar-refractivity contribution in [2.24, 2.45) is 5.92 Å². The predicted molar refractivity (Wildman–Crippen MR) is 91.4 cm³/mol. The average Bonchev–Trinajstić information content (AvgIpc) is 3.03. The fraction of sp³-hybridized carbons (Fsp3) is 0.350. The lowest BCUT2D eigenvalue weighted by Crippen LogP contribution is -2.16. The Labute approximate surface area is 146 Å². The minimum Gasteiger partial charge on any atom is -0.497 e. The van der Waals surface area contributed by atoms with E-state index in [-0.39, 0.29) is 24.6 Å². The first kappa shape index (κ1) is 15.8. The number of hydrogen-bond donors (Lipinski definition) is 0. The van der Waals surface area contributed by atoms with Gasteiger partial charge >= 0.3 is 5.97 Å². The van der Waals surface area contributed by atoms with E-state index in [9.17, 15) is 4.79 Å². The third-order valence-electron chi connectivity index (χ3n) is 4.96. The highest BCUT2D eigenvalue weighted by Crippen LogP contribution is 2.48. The number of carbonyl (C=O) groups is 1. The Morgan fingerprint density at radius 1 is 1.08 bits per heavy atom. The van der Waals surface area contributed by atoms with Gasteiger partial charge in [-0.15, -0.1) is 0 Å². The number of benzene rings is 2. The van der Waals surface area contributed by atoms with Gasteiger partial charge in [-0.2, -0.15) is 0 Å². The topological polar surface area (TPSA) is 54.0 Å². The molecule has 0 aromatic heterocycles. The molecule has 0 N–H and O–H groups in total. The van der Waals surface area contributed by atoms with Crippen molar-refractivity contribution in [1.29, 1.82) is 0 Å². The average molecular weight is 340 g/mol. The van der Waals surface area contributed by atoms with Crippen molar-refractivity contribution in [3.05, 3.63) is 47.5 Å². The van der Waals surface area contributed by atoms with Crippen LogP contribution in [-0.4, -0.2) is 19.9 Å². The van der Waals surface area contributed by atoms with Crippen LogP contribution in [-0.2, 0) is 4.79 Å². The van der Waals surface area contributed by atoms with Crippen LogP contribution in [0.5, 0.6) is 23.0 Å². The second-order valence-corrected chi connectivity index (χ2v) is 6.34. The Morgan fingerprint density at radius 2 is 1.80 bits per heavy atom. The molecule has 2 aliphatic heterocycles. The Morgan fingerprint density at radius 3 is 2.48 bits per heavy atom. The van der Waals surface area contributed by atoms with Crippen LogP contribution in [0.25, 0.3) is 0 Å². The van der Waals surface area contributed by atoms with Crippen molar-refractivity contribution in [1.82, 2.24) is 0 Å². The zero-order valence-electron chi connectivity index (χ0n) is 14.3. The highest BCUT2D eigenvalue weighted by Gasteiger charge is 2.34. The minimum atomic E-state index is -0.206. The van der Waals surface area contributed by atoms with Gasteiger partial charge in [-0.3, -0.25) is 4.79 Å². The maximum atomic E-state index is 12.3. The van der Waals surface area contributed by atoms with Crippen LogP contribution in [0.4, 0.5) is 0 Å². The van der Waals surface area contributed by atoms with Gasteiger partial charge in [-0.1, -0.05) is 25.5 Å². The molecule has 25 heavy (non-hydrogen) atoms. The number of hydrogen-bond acceptors (Lipinski definition) is 5. The third kappa shape index (κ3) is 2.80. The van der Waals surface area contributed by atoms with Crippen LogP contribution in [0, 0.1) is 5.92 Å². The summed E-state index contributed by atoms with van der Waals surface area (Å²) in [6, 6.07) is 11.7. The Balaban J connectivity index is 1.85. The van der Waals surface area contributed by atoms with Crippen LogP contribution in [0.2, 0.25) is 0 Å². The molecule has 0 bridgehead atoms. The van der Waals surface area contributed by atoms with Crippen molar-refractivity contribution >= 4 is 5.97 Å². The zero-order valence-corrected chi connectivity index (χ0v) is 14.3. The molecule has 0 spiro atoms. The molecule has 0 unspecified atom stereocenters. The lowest BCUT2D eigenvalue weighted by atomic mass is 9.78. The number of ether oxygens (including phenoxy) is 4. The molecule has 0 saturated carbocycles. The molecule has 5 nitrogen and oxygen atoms in total. The van der Waals surface area contributed by atoms with Gasteiger partial charge < -0.3 is 18.9 Å². The summed E-state index contributed by atoms with van der Waals surface area (Å²) >= 11 is 0. The lowest BCUT2D eigenvalue weighted by Gasteiger charge is -2.25. The summed E-state index contributed by atoms with van der Waals surface area (Å²) in [7, 11) is 1.65. The van der Waals surface area contributed by atoms with Crippen molar-refractivity contribution in [2.45, 2.75) is 25.7 Å². The van der Waals surface area contributed by atoms with E-state index < -0.39 is 0 Å². The van der Waals surface area contributed by atoms with Crippen molar-refractivity contribution in [3.63, 3.8) is 0 Å². The number of esters is 1. The van der Waals surface area contributed by atoms with E-state index in [1.54, 1.807) is 13.2 Å². The Hall–Kier alpha value is -2.69. The fourth-order valence-electron chi connectivity index (χ4n) is 3.66. The summed E-state index contributed by atoms with van der Waals surface area (Å²) in [6.07, 6.45) is 1.26. The van der Waals surface area contributed by atoms with E-state index in [1.807, 2.05) is 18.2 Å². The van der Waals surface area contributed by atoms with Crippen LogP contribution >= 0.6 is 0 Å². The van der Waals surface area contributed by atoms with Gasteiger partial charge in [-0.05, 0) is 29.7 Å². The quantitative estimate of drug-likeness (QED) is 0.627. The predicted octanol–water partition coefficient (Wildman–Crippen LogP) is 3.89. The number of rotatable bonds is 3. The van der Waals surface area contributed by atoms with E-state index in [2.05, 4.69) is 19.1 Å². The normalized spacial score (nSPS) is 21.3. The molecule has 2 aromatic carbocycles. The molecule has 2 atom stereocenters. The molecule has 2 aliphatic rings. The Kier molecular flexibility index (Phi) is 3.99. The summed E-state index contributed by atoms with van der Waals surface area (Å²) in [5.74, 6) is 2.69. The molecular formula is C20H20O5. The monoisotopic (exact) mass is 340 g/mol. The van der Waals surface area contributed by atoms with Gasteiger partial charge in [0.2, 0.25) is 6.79 Å². The summed E-state index contributed by atoms with van der Waals surface area (Å²) in [5.41, 5.74) is 2.10. The fourth-order valence-corrected chi connectivity index (χ4v) is 3.66. The summed E-state index contributed by atoms with van der Waals surface area (Å²) in [6.45, 7) is 2.29. The zero-order chi connectivity index (χ0) is 17.4. The van der Waals surface area contributed by atoms with Crippen LogP contribution < -0.4 is 18.9 Å². The SMILES string of the molecule is CC[C@@H]1CC(=O)Oc2cc3c(cc2[C@@H]1c1ccc(OC)cc1)OCO3.